The molecule has 0 spiro atoms. The minimum absolute atomic E-state index is 0.0381. The Balaban J connectivity index is 2.54. The third-order valence-corrected chi connectivity index (χ3v) is 1.94. The van der Waals surface area contributed by atoms with Crippen molar-refractivity contribution in [3.8, 4) is 5.69 Å². The fraction of sp³-hybridized carbons (Fsp3) is 0.100. The fourth-order valence-electron chi connectivity index (χ4n) is 1.22. The monoisotopic (exact) mass is 174 g/mol. The van der Waals surface area contributed by atoms with Crippen LogP contribution in [0, 0.1) is 6.92 Å². The van der Waals surface area contributed by atoms with Crippen LogP contribution in [0.1, 0.15) is 5.56 Å². The number of hydrogen-bond donors (Lipinski definition) is 1. The van der Waals surface area contributed by atoms with E-state index in [4.69, 9.17) is 0 Å². The molecular weight excluding hydrogens is 164 g/mol. The van der Waals surface area contributed by atoms with Gasteiger partial charge in [-0.3, -0.25) is 9.89 Å². The molecule has 2 aromatic rings. The molecule has 1 heterocycles. The molecule has 0 saturated heterocycles. The SMILES string of the molecule is Cc1ccc(-n2[nH]ccc2=O)cc1. The van der Waals surface area contributed by atoms with Crippen molar-refractivity contribution < 1.29 is 0 Å². The molecule has 0 amide bonds. The van der Waals surface area contributed by atoms with E-state index < -0.39 is 0 Å². The van der Waals surface area contributed by atoms with Gasteiger partial charge in [0.25, 0.3) is 5.56 Å². The first-order valence-electron chi connectivity index (χ1n) is 4.11. The number of aromatic nitrogens is 2. The highest BCUT2D eigenvalue weighted by atomic mass is 16.1. The highest BCUT2D eigenvalue weighted by Crippen LogP contribution is 2.04. The molecule has 0 unspecified atom stereocenters. The van der Waals surface area contributed by atoms with Crippen LogP contribution in [0.25, 0.3) is 5.69 Å². The van der Waals surface area contributed by atoms with E-state index in [9.17, 15) is 4.79 Å². The first-order chi connectivity index (χ1) is 6.27. The van der Waals surface area contributed by atoms with E-state index in [1.807, 2.05) is 31.2 Å². The number of nitrogens with zero attached hydrogens (tertiary/aromatic N) is 1. The second kappa shape index (κ2) is 2.94. The van der Waals surface area contributed by atoms with E-state index in [1.54, 1.807) is 6.20 Å². The molecule has 2 rings (SSSR count). The van der Waals surface area contributed by atoms with Gasteiger partial charge in [-0.15, -0.1) is 0 Å². The van der Waals surface area contributed by atoms with E-state index in [0.29, 0.717) is 0 Å². The van der Waals surface area contributed by atoms with Crippen LogP contribution in [0.15, 0.2) is 41.3 Å². The van der Waals surface area contributed by atoms with E-state index in [-0.39, 0.29) is 5.56 Å². The van der Waals surface area contributed by atoms with E-state index in [1.165, 1.54) is 16.3 Å². The number of benzene rings is 1. The third kappa shape index (κ3) is 1.40. The van der Waals surface area contributed by atoms with Gasteiger partial charge in [-0.05, 0) is 19.1 Å². The molecule has 66 valence electrons. The maximum absolute atomic E-state index is 11.2. The van der Waals surface area contributed by atoms with Gasteiger partial charge in [0.05, 0.1) is 5.69 Å². The van der Waals surface area contributed by atoms with Gasteiger partial charge >= 0.3 is 0 Å². The lowest BCUT2D eigenvalue weighted by molar-refractivity contribution is 0.849. The Morgan fingerprint density at radius 1 is 1.15 bits per heavy atom. The summed E-state index contributed by atoms with van der Waals surface area (Å²) < 4.78 is 1.50. The molecule has 0 bridgehead atoms. The summed E-state index contributed by atoms with van der Waals surface area (Å²) in [7, 11) is 0. The molecule has 0 fully saturated rings. The molecule has 3 nitrogen and oxygen atoms in total. The topological polar surface area (TPSA) is 37.8 Å². The number of aryl methyl sites for hydroxylation is 1. The minimum atomic E-state index is -0.0381. The molecule has 1 aromatic heterocycles. The van der Waals surface area contributed by atoms with Gasteiger partial charge in [0, 0.05) is 12.3 Å². The summed E-state index contributed by atoms with van der Waals surface area (Å²) in [5.41, 5.74) is 2.01. The van der Waals surface area contributed by atoms with Gasteiger partial charge in [-0.1, -0.05) is 17.7 Å². The summed E-state index contributed by atoms with van der Waals surface area (Å²) in [4.78, 5) is 11.2. The number of hydrogen-bond acceptors (Lipinski definition) is 1. The average molecular weight is 174 g/mol. The van der Waals surface area contributed by atoms with Crippen molar-refractivity contribution in [1.82, 2.24) is 9.78 Å². The van der Waals surface area contributed by atoms with Gasteiger partial charge in [-0.25, -0.2) is 4.68 Å². The van der Waals surface area contributed by atoms with Crippen LogP contribution in [-0.2, 0) is 0 Å². The second-order valence-corrected chi connectivity index (χ2v) is 2.97. The first-order valence-corrected chi connectivity index (χ1v) is 4.11. The lowest BCUT2D eigenvalue weighted by atomic mass is 10.2. The van der Waals surface area contributed by atoms with Crippen molar-refractivity contribution >= 4 is 0 Å². The molecule has 0 saturated carbocycles. The fourth-order valence-corrected chi connectivity index (χ4v) is 1.22. The molecule has 0 aliphatic heterocycles. The zero-order chi connectivity index (χ0) is 9.26. The first kappa shape index (κ1) is 7.86. The molecule has 1 aromatic carbocycles. The van der Waals surface area contributed by atoms with E-state index in [2.05, 4.69) is 5.10 Å². The van der Waals surface area contributed by atoms with Crippen molar-refractivity contribution in [3.05, 3.63) is 52.4 Å². The standard InChI is InChI=1S/C10H10N2O/c1-8-2-4-9(5-3-8)12-10(13)6-7-11-12/h2-7,11H,1H3. The van der Waals surface area contributed by atoms with Crippen LogP contribution in [0.2, 0.25) is 0 Å². The van der Waals surface area contributed by atoms with Crippen LogP contribution < -0.4 is 5.56 Å². The van der Waals surface area contributed by atoms with Crippen molar-refractivity contribution in [3.63, 3.8) is 0 Å². The quantitative estimate of drug-likeness (QED) is 0.698. The highest BCUT2D eigenvalue weighted by molar-refractivity contribution is 5.33. The van der Waals surface area contributed by atoms with Gasteiger partial charge in [-0.2, -0.15) is 0 Å². The maximum atomic E-state index is 11.2. The Kier molecular flexibility index (Phi) is 1.77. The van der Waals surface area contributed by atoms with Gasteiger partial charge in [0.1, 0.15) is 0 Å². The van der Waals surface area contributed by atoms with Gasteiger partial charge in [0.2, 0.25) is 0 Å². The largest absolute Gasteiger partial charge is 0.298 e. The Hall–Kier alpha value is -1.77. The van der Waals surface area contributed by atoms with Gasteiger partial charge in [0.15, 0.2) is 0 Å². The summed E-state index contributed by atoms with van der Waals surface area (Å²) in [5.74, 6) is 0. The number of nitrogens with one attached hydrogen (secondary N) is 1. The van der Waals surface area contributed by atoms with Gasteiger partial charge < -0.3 is 0 Å². The van der Waals surface area contributed by atoms with Crippen molar-refractivity contribution in [1.29, 1.82) is 0 Å². The van der Waals surface area contributed by atoms with Crippen LogP contribution in [0.5, 0.6) is 0 Å². The van der Waals surface area contributed by atoms with Crippen molar-refractivity contribution in [2.45, 2.75) is 6.92 Å². The van der Waals surface area contributed by atoms with Crippen LogP contribution in [0.3, 0.4) is 0 Å². The van der Waals surface area contributed by atoms with Crippen molar-refractivity contribution in [2.75, 3.05) is 0 Å². The zero-order valence-electron chi connectivity index (χ0n) is 7.32. The molecule has 0 atom stereocenters. The number of H-pyrrole nitrogens is 1. The van der Waals surface area contributed by atoms with E-state index >= 15 is 0 Å². The number of aromatic amines is 1. The maximum Gasteiger partial charge on any atom is 0.271 e. The summed E-state index contributed by atoms with van der Waals surface area (Å²) in [6.07, 6.45) is 1.63. The Morgan fingerprint density at radius 2 is 1.85 bits per heavy atom. The lowest BCUT2D eigenvalue weighted by Crippen LogP contribution is -2.13. The Labute approximate surface area is 75.6 Å². The Bertz CT molecular complexity index is 450. The Morgan fingerprint density at radius 3 is 2.38 bits per heavy atom. The molecular formula is C10H10N2O. The second-order valence-electron chi connectivity index (χ2n) is 2.97. The summed E-state index contributed by atoms with van der Waals surface area (Å²) in [6.45, 7) is 2.02. The molecule has 0 aliphatic rings. The summed E-state index contributed by atoms with van der Waals surface area (Å²) in [5, 5.41) is 2.85. The van der Waals surface area contributed by atoms with Crippen LogP contribution in [-0.4, -0.2) is 9.78 Å². The minimum Gasteiger partial charge on any atom is -0.298 e. The predicted molar refractivity (Wildman–Crippen MR) is 51.1 cm³/mol. The smallest absolute Gasteiger partial charge is 0.271 e. The molecule has 1 N–H and O–H groups in total. The summed E-state index contributed by atoms with van der Waals surface area (Å²) >= 11 is 0. The molecule has 13 heavy (non-hydrogen) atoms. The average Bonchev–Trinajstić information content (AvgIpc) is 2.53. The van der Waals surface area contributed by atoms with Crippen molar-refractivity contribution in [2.24, 2.45) is 0 Å². The lowest BCUT2D eigenvalue weighted by Gasteiger charge is -2.00. The molecule has 0 radical (unpaired) electrons. The predicted octanol–water partition coefficient (Wildman–Crippen LogP) is 1.47. The van der Waals surface area contributed by atoms with Crippen LogP contribution >= 0.6 is 0 Å². The number of rotatable bonds is 1. The van der Waals surface area contributed by atoms with Crippen LogP contribution in [0.4, 0.5) is 0 Å². The summed E-state index contributed by atoms with van der Waals surface area (Å²) in [6, 6.07) is 9.27. The zero-order valence-corrected chi connectivity index (χ0v) is 7.32. The highest BCUT2D eigenvalue weighted by Gasteiger charge is 1.97. The molecule has 3 heteroatoms. The third-order valence-electron chi connectivity index (χ3n) is 1.94. The normalized spacial score (nSPS) is 10.2. The molecule has 0 aliphatic carbocycles. The van der Waals surface area contributed by atoms with E-state index in [0.717, 1.165) is 5.69 Å².